The molecular formula is C44H27IN2O10. The molecule has 0 radical (unpaired) electrons. The zero-order valence-electron chi connectivity index (χ0n) is 29.9. The Hall–Kier alpha value is -7.49. The van der Waals surface area contributed by atoms with Gasteiger partial charge in [0.25, 0.3) is 0 Å². The van der Waals surface area contributed by atoms with Crippen molar-refractivity contribution < 1.29 is 38.5 Å². The van der Waals surface area contributed by atoms with Gasteiger partial charge in [-0.3, -0.25) is 9.59 Å². The third kappa shape index (κ3) is 7.73. The van der Waals surface area contributed by atoms with E-state index in [1.54, 1.807) is 42.5 Å². The van der Waals surface area contributed by atoms with Crippen LogP contribution in [0, 0.1) is 13.1 Å². The van der Waals surface area contributed by atoms with Crippen molar-refractivity contribution in [2.45, 2.75) is 0 Å². The Kier molecular flexibility index (Phi) is 11.3. The van der Waals surface area contributed by atoms with Gasteiger partial charge in [-0.25, -0.2) is 19.3 Å². The summed E-state index contributed by atoms with van der Waals surface area (Å²) in [7, 11) is 1.28. The Labute approximate surface area is 336 Å². The molecule has 0 bridgehead atoms. The summed E-state index contributed by atoms with van der Waals surface area (Å²) in [5.74, 6) is -1.13. The van der Waals surface area contributed by atoms with Crippen molar-refractivity contribution in [2.75, 3.05) is 12.0 Å². The fourth-order valence-corrected chi connectivity index (χ4v) is 6.39. The van der Waals surface area contributed by atoms with Crippen LogP contribution in [-0.2, 0) is 4.74 Å². The molecule has 4 aromatic carbocycles. The zero-order chi connectivity index (χ0) is 41.0. The van der Waals surface area contributed by atoms with E-state index in [9.17, 15) is 34.5 Å². The van der Waals surface area contributed by atoms with Crippen LogP contribution in [0.4, 0.5) is 11.4 Å². The third-order valence-electron chi connectivity index (χ3n) is 8.79. The quantitative estimate of drug-likeness (QED) is 0.0508. The number of rotatable bonds is 4. The molecule has 57 heavy (non-hydrogen) atoms. The van der Waals surface area contributed by atoms with E-state index in [0.29, 0.717) is 66.8 Å². The molecule has 0 saturated heterocycles. The lowest BCUT2D eigenvalue weighted by atomic mass is 9.90. The lowest BCUT2D eigenvalue weighted by Crippen LogP contribution is -2.05. The number of hydrogen-bond donors (Lipinski definition) is 3. The normalized spacial score (nSPS) is 10.5. The number of nitrogens with zero attached hydrogens (tertiary/aromatic N) is 2. The zero-order valence-corrected chi connectivity index (χ0v) is 32.0. The van der Waals surface area contributed by atoms with E-state index in [2.05, 4.69) is 32.3 Å². The Morgan fingerprint density at radius 3 is 1.46 bits per heavy atom. The Morgan fingerprint density at radius 2 is 1.04 bits per heavy atom. The maximum Gasteiger partial charge on any atom is 0.338 e. The highest BCUT2D eigenvalue weighted by molar-refractivity contribution is 14.1. The molecule has 0 fully saturated rings. The molecule has 280 valence electrons. The first kappa shape index (κ1) is 39.2. The van der Waals surface area contributed by atoms with Gasteiger partial charge in [-0.05, 0) is 76.7 Å². The minimum absolute atomic E-state index is 0.00271. The first-order chi connectivity index (χ1) is 27.5. The number of carboxylic acids is 1. The second kappa shape index (κ2) is 16.5. The number of phenols is 2. The number of carbonyl (C=O) groups is 2. The van der Waals surface area contributed by atoms with Crippen LogP contribution in [0.25, 0.3) is 76.5 Å². The second-order valence-corrected chi connectivity index (χ2v) is 12.1. The largest absolute Gasteiger partial charge is 0.508 e. The molecule has 13 heteroatoms. The van der Waals surface area contributed by atoms with E-state index in [1.165, 1.54) is 73.8 Å². The second-order valence-electron chi connectivity index (χ2n) is 12.1. The number of aromatic hydroxyl groups is 2. The number of halogens is 1. The van der Waals surface area contributed by atoms with Gasteiger partial charge in [0.05, 0.1) is 31.4 Å². The third-order valence-corrected chi connectivity index (χ3v) is 8.79. The topological polar surface area (TPSA) is 173 Å². The summed E-state index contributed by atoms with van der Waals surface area (Å²) in [5.41, 5.74) is 4.19. The highest BCUT2D eigenvalue weighted by Gasteiger charge is 2.24. The van der Waals surface area contributed by atoms with Gasteiger partial charge in [0.1, 0.15) is 34.2 Å². The number of methoxy groups -OCH3 is 1. The predicted octanol–water partition coefficient (Wildman–Crippen LogP) is 10.2. The van der Waals surface area contributed by atoms with E-state index in [-0.39, 0.29) is 44.9 Å². The highest BCUT2D eigenvalue weighted by atomic mass is 127. The molecule has 4 aromatic rings. The monoisotopic (exact) mass is 870 g/mol. The smallest absolute Gasteiger partial charge is 0.338 e. The lowest BCUT2D eigenvalue weighted by molar-refractivity contribution is 0.0600. The molecule has 2 aliphatic carbocycles. The minimum Gasteiger partial charge on any atom is -0.508 e. The van der Waals surface area contributed by atoms with Crippen molar-refractivity contribution >= 4 is 67.8 Å². The van der Waals surface area contributed by atoms with Crippen LogP contribution >= 0.6 is 22.6 Å². The van der Waals surface area contributed by atoms with Crippen molar-refractivity contribution in [2.24, 2.45) is 0 Å². The number of carboxylic acid groups (broad SMARTS) is 1. The van der Waals surface area contributed by atoms with Crippen molar-refractivity contribution in [1.29, 1.82) is 0 Å². The number of fused-ring (bicyclic) bond motifs is 4. The minimum atomic E-state index is -1.14. The Balaban J connectivity index is 0.000000185. The molecule has 8 rings (SSSR count). The van der Waals surface area contributed by atoms with E-state index in [1.807, 2.05) is 4.93 Å². The summed E-state index contributed by atoms with van der Waals surface area (Å²) in [5, 5.41) is 30.4. The van der Waals surface area contributed by atoms with Gasteiger partial charge >= 0.3 is 11.9 Å². The number of ether oxygens (including phenoxy) is 1. The van der Waals surface area contributed by atoms with Gasteiger partial charge in [0.2, 0.25) is 0 Å². The van der Waals surface area contributed by atoms with Crippen LogP contribution in [-0.4, -0.2) is 39.3 Å². The van der Waals surface area contributed by atoms with Crippen molar-refractivity contribution in [3.8, 4) is 56.4 Å². The molecule has 0 amide bonds. The molecule has 2 aliphatic heterocycles. The van der Waals surface area contributed by atoms with E-state index >= 15 is 0 Å². The molecule has 2 heterocycles. The number of carbonyl (C=O) groups excluding carboxylic acids is 1. The number of benzene rings is 6. The molecule has 3 N–H and O–H groups in total. The van der Waals surface area contributed by atoms with E-state index in [4.69, 9.17) is 26.7 Å². The Bertz CT molecular complexity index is 3030. The number of alkyl halides is 1. The van der Waals surface area contributed by atoms with Crippen LogP contribution < -0.4 is 10.9 Å². The SMILES string of the molecule is CI.[C-]#[N+]c1ccc(C(=O)O)c(-c2c3ccc(=O)cc-3oc3cc(O)ccc23)c1.[C-]#[N+]c1ccc(C(=O)OC)c(-c2c3ccc(=O)cc-3oc3cc(O)ccc23)c1. The first-order valence-corrected chi connectivity index (χ1v) is 18.8. The fourth-order valence-electron chi connectivity index (χ4n) is 6.39. The maximum absolute atomic E-state index is 12.4. The number of phenolic OH excluding ortho intramolecular Hbond substituents is 2. The first-order valence-electron chi connectivity index (χ1n) is 16.6. The maximum atomic E-state index is 12.4. The molecule has 0 aromatic heterocycles. The van der Waals surface area contributed by atoms with Gasteiger partial charge in [-0.15, -0.1) is 0 Å². The van der Waals surface area contributed by atoms with Gasteiger partial charge in [-0.2, -0.15) is 0 Å². The van der Waals surface area contributed by atoms with Crippen LogP contribution in [0.2, 0.25) is 0 Å². The summed E-state index contributed by atoms with van der Waals surface area (Å²) in [4.78, 5) is 56.6. The molecule has 4 aliphatic rings. The molecule has 12 nitrogen and oxygen atoms in total. The van der Waals surface area contributed by atoms with Crippen LogP contribution in [0.5, 0.6) is 11.5 Å². The summed E-state index contributed by atoms with van der Waals surface area (Å²) < 4.78 is 16.5. The van der Waals surface area contributed by atoms with Gasteiger partial charge < -0.3 is 28.9 Å². The standard InChI is InChI=1S/C22H13NO5.C21H11NO5.CH3I/c1-23-12-3-6-15(22(26)27-2)18(9-12)21-16-7-4-13(24)10-19(16)28-20-11-14(25)5-8-17(20)21;1-22-11-2-5-14(21(25)26)17(8-11)20-15-6-3-12(23)9-18(15)27-19-10-13(24)4-7-16(19)20;1-2/h3-11,24H,2H3;2-10,23H,(H,25,26);1H3. The average Bonchev–Trinajstić information content (AvgIpc) is 3.21. The molecular weight excluding hydrogens is 843 g/mol. The summed E-state index contributed by atoms with van der Waals surface area (Å²) >= 11 is 2.15. The van der Waals surface area contributed by atoms with Crippen LogP contribution in [0.15, 0.2) is 128 Å². The van der Waals surface area contributed by atoms with Gasteiger partial charge in [-0.1, -0.05) is 46.9 Å². The van der Waals surface area contributed by atoms with Crippen molar-refractivity contribution in [1.82, 2.24) is 0 Å². The van der Waals surface area contributed by atoms with E-state index in [0.717, 1.165) is 0 Å². The summed E-state index contributed by atoms with van der Waals surface area (Å²) in [6.07, 6.45) is 0. The predicted molar refractivity (Wildman–Crippen MR) is 223 cm³/mol. The van der Waals surface area contributed by atoms with Crippen molar-refractivity contribution in [3.05, 3.63) is 164 Å². The summed E-state index contributed by atoms with van der Waals surface area (Å²) in [6.45, 7) is 14.6. The molecule has 0 spiro atoms. The van der Waals surface area contributed by atoms with E-state index < -0.39 is 11.9 Å². The Morgan fingerprint density at radius 1 is 0.596 bits per heavy atom. The fraction of sp³-hybridized carbons (Fsp3) is 0.0455. The van der Waals surface area contributed by atoms with Gasteiger partial charge in [0, 0.05) is 57.3 Å². The number of aromatic carboxylic acids is 1. The van der Waals surface area contributed by atoms with Crippen LogP contribution in [0.1, 0.15) is 20.7 Å². The average molecular weight is 871 g/mol. The van der Waals surface area contributed by atoms with Gasteiger partial charge in [0.15, 0.2) is 22.2 Å². The van der Waals surface area contributed by atoms with Crippen LogP contribution in [0.3, 0.4) is 0 Å². The molecule has 0 saturated carbocycles. The molecule has 0 atom stereocenters. The van der Waals surface area contributed by atoms with Crippen molar-refractivity contribution in [3.63, 3.8) is 0 Å². The number of hydrogen-bond acceptors (Lipinski definition) is 9. The summed E-state index contributed by atoms with van der Waals surface area (Å²) in [6, 6.07) is 26.7. The molecule has 0 unspecified atom stereocenters. The number of esters is 1. The highest BCUT2D eigenvalue weighted by Crippen LogP contribution is 2.44. The lowest BCUT2D eigenvalue weighted by Gasteiger charge is -2.17.